The van der Waals surface area contributed by atoms with Gasteiger partial charge in [0.15, 0.2) is 0 Å². The molecule has 1 atom stereocenters. The van der Waals surface area contributed by atoms with Gasteiger partial charge in [-0.15, -0.1) is 0 Å². The second kappa shape index (κ2) is 12.9. The van der Waals surface area contributed by atoms with Gasteiger partial charge in [-0.1, -0.05) is 67.6 Å². The number of rotatable bonds is 11. The van der Waals surface area contributed by atoms with Crippen molar-refractivity contribution >= 4 is 27.5 Å². The Morgan fingerprint density at radius 2 is 1.46 bits per heavy atom. The first-order valence-corrected chi connectivity index (χ1v) is 14.4. The molecule has 208 valence electrons. The van der Waals surface area contributed by atoms with Crippen molar-refractivity contribution in [2.75, 3.05) is 17.4 Å². The van der Waals surface area contributed by atoms with Crippen LogP contribution in [-0.4, -0.2) is 49.8 Å². The van der Waals surface area contributed by atoms with Gasteiger partial charge in [-0.3, -0.25) is 13.9 Å². The molecule has 0 spiro atoms. The second-order valence-corrected chi connectivity index (χ2v) is 12.1. The predicted octanol–water partition coefficient (Wildman–Crippen LogP) is 4.79. The van der Waals surface area contributed by atoms with Gasteiger partial charge in [0.05, 0.1) is 10.6 Å². The van der Waals surface area contributed by atoms with Crippen LogP contribution in [0, 0.1) is 5.82 Å². The van der Waals surface area contributed by atoms with Gasteiger partial charge >= 0.3 is 0 Å². The summed E-state index contributed by atoms with van der Waals surface area (Å²) in [7, 11) is -4.31. The average Bonchev–Trinajstić information content (AvgIpc) is 2.90. The molecule has 0 saturated heterocycles. The molecular weight excluding hydrogens is 517 g/mol. The van der Waals surface area contributed by atoms with E-state index in [9.17, 15) is 22.4 Å². The van der Waals surface area contributed by atoms with Crippen molar-refractivity contribution in [3.63, 3.8) is 0 Å². The Balaban J connectivity index is 2.02. The molecule has 0 fully saturated rings. The summed E-state index contributed by atoms with van der Waals surface area (Å²) in [5, 5.41) is 2.93. The molecule has 0 aliphatic heterocycles. The number of halogens is 1. The first-order chi connectivity index (χ1) is 18.4. The average molecular weight is 554 g/mol. The summed E-state index contributed by atoms with van der Waals surface area (Å²) in [5.74, 6) is -1.72. The lowest BCUT2D eigenvalue weighted by Crippen LogP contribution is -2.56. The van der Waals surface area contributed by atoms with Gasteiger partial charge in [0.1, 0.15) is 18.4 Å². The van der Waals surface area contributed by atoms with Gasteiger partial charge in [-0.25, -0.2) is 12.8 Å². The molecular formula is C30H36FN3O4S. The number of carbonyl (C=O) groups is 2. The Morgan fingerprint density at radius 3 is 2.03 bits per heavy atom. The summed E-state index contributed by atoms with van der Waals surface area (Å²) < 4.78 is 43.1. The van der Waals surface area contributed by atoms with Crippen molar-refractivity contribution in [1.82, 2.24) is 10.2 Å². The first kappa shape index (κ1) is 29.8. The molecule has 2 amide bonds. The third-order valence-corrected chi connectivity index (χ3v) is 7.87. The highest BCUT2D eigenvalue weighted by Crippen LogP contribution is 2.27. The van der Waals surface area contributed by atoms with Crippen molar-refractivity contribution in [1.29, 1.82) is 0 Å². The number of carbonyl (C=O) groups excluding carboxylic acids is 2. The van der Waals surface area contributed by atoms with Crippen molar-refractivity contribution < 1.29 is 22.4 Å². The second-order valence-electron chi connectivity index (χ2n) is 10.3. The number of sulfonamides is 1. The Bertz CT molecular complexity index is 1360. The lowest BCUT2D eigenvalue weighted by Gasteiger charge is -2.34. The van der Waals surface area contributed by atoms with Crippen LogP contribution in [0.5, 0.6) is 0 Å². The van der Waals surface area contributed by atoms with E-state index in [2.05, 4.69) is 5.32 Å². The molecule has 0 aliphatic carbocycles. The van der Waals surface area contributed by atoms with Gasteiger partial charge in [0.2, 0.25) is 11.8 Å². The molecule has 7 nitrogen and oxygen atoms in total. The molecule has 3 aromatic carbocycles. The number of nitrogens with zero attached hydrogens (tertiary/aromatic N) is 2. The van der Waals surface area contributed by atoms with E-state index in [1.54, 1.807) is 25.1 Å². The van der Waals surface area contributed by atoms with Crippen LogP contribution in [0.1, 0.15) is 39.7 Å². The maximum absolute atomic E-state index is 15.0. The number of para-hydroxylation sites is 1. The van der Waals surface area contributed by atoms with Crippen LogP contribution < -0.4 is 9.62 Å². The monoisotopic (exact) mass is 553 g/mol. The van der Waals surface area contributed by atoms with Crippen LogP contribution in [0.2, 0.25) is 0 Å². The zero-order valence-corrected chi connectivity index (χ0v) is 23.6. The molecule has 0 bridgehead atoms. The van der Waals surface area contributed by atoms with Crippen LogP contribution >= 0.6 is 0 Å². The zero-order valence-electron chi connectivity index (χ0n) is 22.8. The molecule has 0 heterocycles. The van der Waals surface area contributed by atoms with Crippen LogP contribution in [0.15, 0.2) is 89.8 Å². The summed E-state index contributed by atoms with van der Waals surface area (Å²) in [4.78, 5) is 28.5. The van der Waals surface area contributed by atoms with Crippen LogP contribution in [0.3, 0.4) is 0 Å². The van der Waals surface area contributed by atoms with Crippen molar-refractivity contribution in [3.8, 4) is 0 Å². The van der Waals surface area contributed by atoms with E-state index >= 15 is 0 Å². The summed E-state index contributed by atoms with van der Waals surface area (Å²) in [6, 6.07) is 21.7. The minimum atomic E-state index is -4.31. The van der Waals surface area contributed by atoms with Gasteiger partial charge in [-0.05, 0) is 63.4 Å². The molecule has 3 aromatic rings. The molecule has 9 heteroatoms. The van der Waals surface area contributed by atoms with Gasteiger partial charge in [0.25, 0.3) is 10.0 Å². The van der Waals surface area contributed by atoms with E-state index in [1.807, 2.05) is 51.1 Å². The summed E-state index contributed by atoms with van der Waals surface area (Å²) >= 11 is 0. The highest BCUT2D eigenvalue weighted by atomic mass is 32.2. The molecule has 1 N–H and O–H groups in total. The molecule has 0 unspecified atom stereocenters. The Morgan fingerprint density at radius 1 is 0.897 bits per heavy atom. The molecule has 0 aromatic heterocycles. The number of benzene rings is 3. The highest BCUT2D eigenvalue weighted by Gasteiger charge is 2.35. The molecule has 0 aliphatic rings. The largest absolute Gasteiger partial charge is 0.350 e. The number of amides is 2. The normalized spacial score (nSPS) is 12.4. The van der Waals surface area contributed by atoms with Crippen molar-refractivity contribution in [3.05, 3.63) is 96.3 Å². The third-order valence-electron chi connectivity index (χ3n) is 6.10. The molecule has 39 heavy (non-hydrogen) atoms. The minimum Gasteiger partial charge on any atom is -0.350 e. The van der Waals surface area contributed by atoms with Crippen LogP contribution in [0.25, 0.3) is 0 Å². The maximum atomic E-state index is 15.0. The molecule has 0 radical (unpaired) electrons. The molecule has 3 rings (SSSR count). The third kappa shape index (κ3) is 7.89. The van der Waals surface area contributed by atoms with E-state index in [0.717, 1.165) is 15.9 Å². The fourth-order valence-electron chi connectivity index (χ4n) is 4.24. The van der Waals surface area contributed by atoms with E-state index in [0.29, 0.717) is 12.8 Å². The number of hydrogen-bond donors (Lipinski definition) is 1. The van der Waals surface area contributed by atoms with E-state index in [-0.39, 0.29) is 23.0 Å². The van der Waals surface area contributed by atoms with Crippen LogP contribution in [-0.2, 0) is 26.0 Å². The summed E-state index contributed by atoms with van der Waals surface area (Å²) in [6.45, 7) is 6.84. The van der Waals surface area contributed by atoms with E-state index in [1.165, 1.54) is 35.2 Å². The first-order valence-electron chi connectivity index (χ1n) is 12.9. The quantitative estimate of drug-likeness (QED) is 0.370. The van der Waals surface area contributed by atoms with Crippen molar-refractivity contribution in [2.24, 2.45) is 0 Å². The topological polar surface area (TPSA) is 86.8 Å². The number of nitrogens with one attached hydrogen (secondary N) is 1. The zero-order chi connectivity index (χ0) is 28.6. The van der Waals surface area contributed by atoms with Crippen LogP contribution in [0.4, 0.5) is 10.1 Å². The Kier molecular flexibility index (Phi) is 9.86. The summed E-state index contributed by atoms with van der Waals surface area (Å²) in [6.07, 6.45) is 0.768. The van der Waals surface area contributed by atoms with Gasteiger partial charge in [0, 0.05) is 12.1 Å². The molecule has 0 saturated carbocycles. The highest BCUT2D eigenvalue weighted by molar-refractivity contribution is 7.92. The lowest BCUT2D eigenvalue weighted by atomic mass is 10.1. The SMILES string of the molecule is CC[C@@H](C(=O)NC(C)(C)C)N(CCc1ccccc1)C(=O)CN(c1ccccc1F)S(=O)(=O)c1ccccc1. The van der Waals surface area contributed by atoms with E-state index in [4.69, 9.17) is 0 Å². The van der Waals surface area contributed by atoms with Gasteiger partial charge < -0.3 is 10.2 Å². The predicted molar refractivity (Wildman–Crippen MR) is 151 cm³/mol. The Labute approximate surface area is 230 Å². The van der Waals surface area contributed by atoms with E-state index < -0.39 is 39.9 Å². The van der Waals surface area contributed by atoms with Crippen molar-refractivity contribution in [2.45, 2.75) is 57.0 Å². The summed E-state index contributed by atoms with van der Waals surface area (Å²) in [5.41, 5.74) is 0.184. The van der Waals surface area contributed by atoms with Gasteiger partial charge in [-0.2, -0.15) is 0 Å². The maximum Gasteiger partial charge on any atom is 0.264 e. The smallest absolute Gasteiger partial charge is 0.264 e. The number of anilines is 1. The fourth-order valence-corrected chi connectivity index (χ4v) is 5.68. The Hall–Kier alpha value is -3.72. The standard InChI is InChI=1S/C30H36FN3O4S/c1-5-26(29(36)32-30(2,3)4)33(21-20-23-14-8-6-9-15-23)28(35)22-34(27-19-13-12-18-25(27)31)39(37,38)24-16-10-7-11-17-24/h6-19,26H,5,20-22H2,1-4H3,(H,32,36)/t26-/m0/s1. The lowest BCUT2D eigenvalue weighted by molar-refractivity contribution is -0.140. The number of hydrogen-bond acceptors (Lipinski definition) is 4. The minimum absolute atomic E-state index is 0.0746. The fraction of sp³-hybridized carbons (Fsp3) is 0.333.